The summed E-state index contributed by atoms with van der Waals surface area (Å²) in [5.41, 5.74) is -0.782. The highest BCUT2D eigenvalue weighted by atomic mass is 16.5. The van der Waals surface area contributed by atoms with Gasteiger partial charge in [0, 0.05) is 12.8 Å². The molecule has 2 aliphatic heterocycles. The second-order valence-electron chi connectivity index (χ2n) is 5.23. The van der Waals surface area contributed by atoms with E-state index in [1.165, 1.54) is 0 Å². The summed E-state index contributed by atoms with van der Waals surface area (Å²) in [7, 11) is 0. The molecule has 3 nitrogen and oxygen atoms in total. The van der Waals surface area contributed by atoms with Gasteiger partial charge in [-0.2, -0.15) is 0 Å². The molecule has 2 heterocycles. The third-order valence-corrected chi connectivity index (χ3v) is 4.63. The lowest BCUT2D eigenvalue weighted by molar-refractivity contribution is -0.129. The Morgan fingerprint density at radius 3 is 1.93 bits per heavy atom. The zero-order valence-corrected chi connectivity index (χ0v) is 8.36. The fourth-order valence-corrected chi connectivity index (χ4v) is 4.05. The number of ketones is 2. The lowest BCUT2D eigenvalue weighted by atomic mass is 9.73. The van der Waals surface area contributed by atoms with Crippen molar-refractivity contribution in [3.05, 3.63) is 12.2 Å². The van der Waals surface area contributed by atoms with Crippen molar-refractivity contribution in [3.63, 3.8) is 0 Å². The summed E-state index contributed by atoms with van der Waals surface area (Å²) < 4.78 is 6.08. The van der Waals surface area contributed by atoms with Gasteiger partial charge in [0.25, 0.3) is 0 Å². The normalized spacial score (nSPS) is 55.2. The summed E-state index contributed by atoms with van der Waals surface area (Å²) in [6.07, 6.45) is 6.82. The van der Waals surface area contributed by atoms with Gasteiger partial charge in [-0.3, -0.25) is 9.59 Å². The second-order valence-corrected chi connectivity index (χ2v) is 5.23. The number of ether oxygens (including phenoxy) is 1. The van der Waals surface area contributed by atoms with E-state index in [1.807, 2.05) is 0 Å². The Bertz CT molecular complexity index is 387. The Kier molecular flexibility index (Phi) is 1.15. The van der Waals surface area contributed by atoms with Gasteiger partial charge >= 0.3 is 0 Å². The Morgan fingerprint density at radius 2 is 1.47 bits per heavy atom. The fourth-order valence-electron chi connectivity index (χ4n) is 4.05. The summed E-state index contributed by atoms with van der Waals surface area (Å²) in [5, 5.41) is 0. The number of Topliss-reactive ketones (excluding diaryl/α,β-unsaturated/α-hetero) is 2. The van der Waals surface area contributed by atoms with E-state index in [0.29, 0.717) is 12.8 Å². The highest BCUT2D eigenvalue weighted by Crippen LogP contribution is 2.63. The first-order valence-electron chi connectivity index (χ1n) is 5.63. The van der Waals surface area contributed by atoms with Crippen LogP contribution in [0.25, 0.3) is 0 Å². The Morgan fingerprint density at radius 1 is 1.00 bits per heavy atom. The van der Waals surface area contributed by atoms with E-state index < -0.39 is 11.2 Å². The first-order chi connectivity index (χ1) is 7.17. The summed E-state index contributed by atoms with van der Waals surface area (Å²) in [4.78, 5) is 23.7. The molecule has 2 aliphatic carbocycles. The third-order valence-electron chi connectivity index (χ3n) is 4.63. The van der Waals surface area contributed by atoms with Crippen LogP contribution in [0.5, 0.6) is 0 Å². The molecule has 0 aromatic rings. The van der Waals surface area contributed by atoms with Crippen molar-refractivity contribution >= 4 is 11.6 Å². The van der Waals surface area contributed by atoms with Crippen molar-refractivity contribution in [2.24, 2.45) is 11.8 Å². The van der Waals surface area contributed by atoms with Crippen LogP contribution in [0.4, 0.5) is 0 Å². The van der Waals surface area contributed by atoms with E-state index in [-0.39, 0.29) is 23.4 Å². The third kappa shape index (κ3) is 0.689. The molecule has 4 atom stereocenters. The van der Waals surface area contributed by atoms with E-state index in [4.69, 9.17) is 4.74 Å². The van der Waals surface area contributed by atoms with Gasteiger partial charge < -0.3 is 4.74 Å². The molecule has 0 amide bonds. The molecule has 2 bridgehead atoms. The van der Waals surface area contributed by atoms with Crippen molar-refractivity contribution in [2.45, 2.75) is 36.9 Å². The van der Waals surface area contributed by atoms with Gasteiger partial charge in [0.15, 0.2) is 0 Å². The van der Waals surface area contributed by atoms with Crippen molar-refractivity contribution in [2.75, 3.05) is 0 Å². The molecule has 3 heteroatoms. The van der Waals surface area contributed by atoms with Crippen LogP contribution in [-0.4, -0.2) is 22.8 Å². The quantitative estimate of drug-likeness (QED) is 0.553. The molecule has 4 unspecified atom stereocenters. The number of hydrogen-bond acceptors (Lipinski definition) is 3. The highest BCUT2D eigenvalue weighted by molar-refractivity contribution is 5.96. The molecule has 0 N–H and O–H groups in total. The van der Waals surface area contributed by atoms with Crippen LogP contribution in [0.3, 0.4) is 0 Å². The molecule has 4 aliphatic rings. The molecular weight excluding hydrogens is 192 g/mol. The van der Waals surface area contributed by atoms with Gasteiger partial charge in [-0.15, -0.1) is 0 Å². The SMILES string of the molecule is O=C1CCC23C=CC4(CCC(=O)C4C12)O3. The molecule has 78 valence electrons. The highest BCUT2D eigenvalue weighted by Gasteiger charge is 2.71. The van der Waals surface area contributed by atoms with Crippen LogP contribution in [0.15, 0.2) is 12.2 Å². The molecule has 0 aromatic carbocycles. The second kappa shape index (κ2) is 2.09. The van der Waals surface area contributed by atoms with E-state index in [2.05, 4.69) is 12.2 Å². The van der Waals surface area contributed by atoms with E-state index in [1.54, 1.807) is 0 Å². The lowest BCUT2D eigenvalue weighted by Gasteiger charge is -2.24. The summed E-state index contributed by atoms with van der Waals surface area (Å²) in [5.74, 6) is 0.165. The maximum atomic E-state index is 11.9. The molecule has 0 radical (unpaired) electrons. The lowest BCUT2D eigenvalue weighted by Crippen LogP contribution is -2.38. The predicted octanol–water partition coefficient (Wildman–Crippen LogP) is 1.02. The maximum Gasteiger partial charge on any atom is 0.140 e. The van der Waals surface area contributed by atoms with E-state index >= 15 is 0 Å². The predicted molar refractivity (Wildman–Crippen MR) is 51.1 cm³/mol. The van der Waals surface area contributed by atoms with Gasteiger partial charge in [0.2, 0.25) is 0 Å². The largest absolute Gasteiger partial charge is 0.359 e. The number of fused-ring (bicyclic) bond motifs is 1. The fraction of sp³-hybridized carbons (Fsp3) is 0.667. The molecule has 15 heavy (non-hydrogen) atoms. The van der Waals surface area contributed by atoms with Crippen LogP contribution in [0.2, 0.25) is 0 Å². The minimum absolute atomic E-state index is 0.155. The first kappa shape index (κ1) is 8.22. The number of hydrogen-bond donors (Lipinski definition) is 0. The zero-order chi connectivity index (χ0) is 10.3. The van der Waals surface area contributed by atoms with Crippen LogP contribution >= 0.6 is 0 Å². The average Bonchev–Trinajstić information content (AvgIpc) is 2.88. The van der Waals surface area contributed by atoms with E-state index in [0.717, 1.165) is 12.8 Å². The molecule has 1 saturated heterocycles. The number of rotatable bonds is 0. The van der Waals surface area contributed by atoms with Gasteiger partial charge in [-0.25, -0.2) is 0 Å². The molecule has 3 fully saturated rings. The summed E-state index contributed by atoms with van der Waals surface area (Å²) >= 11 is 0. The Hall–Kier alpha value is -0.960. The first-order valence-corrected chi connectivity index (χ1v) is 5.63. The Labute approximate surface area is 87.5 Å². The van der Waals surface area contributed by atoms with E-state index in [9.17, 15) is 9.59 Å². The van der Waals surface area contributed by atoms with Crippen molar-refractivity contribution in [1.29, 1.82) is 0 Å². The standard InChI is InChI=1S/C12H12O3/c13-7-1-3-11-5-6-12(15-11)4-2-8(14)10(12)9(7)11/h5-6,9-10H,1-4H2. The van der Waals surface area contributed by atoms with Gasteiger partial charge in [-0.1, -0.05) is 12.2 Å². The van der Waals surface area contributed by atoms with Gasteiger partial charge in [0.1, 0.15) is 11.6 Å². The van der Waals surface area contributed by atoms with Crippen LogP contribution in [0, 0.1) is 11.8 Å². The van der Waals surface area contributed by atoms with Crippen LogP contribution in [0.1, 0.15) is 25.7 Å². The van der Waals surface area contributed by atoms with Crippen molar-refractivity contribution in [1.82, 2.24) is 0 Å². The minimum Gasteiger partial charge on any atom is -0.359 e. The summed E-state index contributed by atoms with van der Waals surface area (Å²) in [6.45, 7) is 0. The Balaban J connectivity index is 1.94. The van der Waals surface area contributed by atoms with Crippen molar-refractivity contribution < 1.29 is 14.3 Å². The van der Waals surface area contributed by atoms with Crippen LogP contribution in [-0.2, 0) is 14.3 Å². The number of carbonyl (C=O) groups excluding carboxylic acids is 2. The topological polar surface area (TPSA) is 43.4 Å². The maximum absolute atomic E-state index is 11.9. The monoisotopic (exact) mass is 204 g/mol. The minimum atomic E-state index is -0.391. The molecule has 0 aromatic heterocycles. The van der Waals surface area contributed by atoms with Gasteiger partial charge in [0.05, 0.1) is 23.0 Å². The van der Waals surface area contributed by atoms with Crippen molar-refractivity contribution in [3.8, 4) is 0 Å². The number of carbonyl (C=O) groups is 2. The smallest absolute Gasteiger partial charge is 0.140 e. The van der Waals surface area contributed by atoms with Gasteiger partial charge in [-0.05, 0) is 12.8 Å². The average molecular weight is 204 g/mol. The molecule has 2 saturated carbocycles. The summed E-state index contributed by atoms with van der Waals surface area (Å²) in [6, 6.07) is 0. The molecular formula is C12H12O3. The molecule has 2 spiro atoms. The van der Waals surface area contributed by atoms with Crippen LogP contribution < -0.4 is 0 Å². The zero-order valence-electron chi connectivity index (χ0n) is 8.36. The molecule has 4 rings (SSSR count).